The summed E-state index contributed by atoms with van der Waals surface area (Å²) in [5, 5.41) is -0.667. The van der Waals surface area contributed by atoms with Crippen LogP contribution in [0.3, 0.4) is 0 Å². The predicted octanol–water partition coefficient (Wildman–Crippen LogP) is 3.05. The fourth-order valence-electron chi connectivity index (χ4n) is 1.09. The lowest BCUT2D eigenvalue weighted by molar-refractivity contribution is -0.147. The average Bonchev–Trinajstić information content (AvgIpc) is 2.17. The van der Waals surface area contributed by atoms with Crippen molar-refractivity contribution in [2.75, 3.05) is 0 Å². The largest absolute Gasteiger partial charge is 0.403 e. The maximum absolute atomic E-state index is 13.1. The molecule has 0 aromatic heterocycles. The van der Waals surface area contributed by atoms with Gasteiger partial charge in [-0.05, 0) is 12.1 Å². The summed E-state index contributed by atoms with van der Waals surface area (Å²) in [4.78, 5) is 0. The van der Waals surface area contributed by atoms with Gasteiger partial charge in [-0.25, -0.2) is 8.78 Å². The summed E-state index contributed by atoms with van der Waals surface area (Å²) in [6.07, 6.45) is -5.58. The normalized spacial score (nSPS) is 13.9. The van der Waals surface area contributed by atoms with Crippen molar-refractivity contribution in [3.05, 3.63) is 34.4 Å². The van der Waals surface area contributed by atoms with Gasteiger partial charge in [-0.15, -0.1) is 0 Å². The van der Waals surface area contributed by atoms with Crippen molar-refractivity contribution in [1.82, 2.24) is 0 Å². The van der Waals surface area contributed by atoms with E-state index in [9.17, 15) is 22.0 Å². The fourth-order valence-corrected chi connectivity index (χ4v) is 1.32. The molecular weight excluding hydrogens is 253 g/mol. The quantitative estimate of drug-likeness (QED) is 0.641. The molecule has 0 saturated heterocycles. The Balaban J connectivity index is 3.02. The first-order chi connectivity index (χ1) is 7.23. The molecule has 0 fully saturated rings. The Kier molecular flexibility index (Phi) is 3.75. The number of hydrogen-bond acceptors (Lipinski definition) is 1. The standard InChI is InChI=1S/C9H7ClF5N/c10-8-4(3-7(16)9(13,14)15)5(11)1-2-6(8)12/h1-2,7H,3,16H2. The van der Waals surface area contributed by atoms with Gasteiger partial charge in [0.1, 0.15) is 17.7 Å². The Bertz CT molecular complexity index is 390. The smallest absolute Gasteiger partial charge is 0.320 e. The van der Waals surface area contributed by atoms with Gasteiger partial charge in [-0.3, -0.25) is 0 Å². The third-order valence-electron chi connectivity index (χ3n) is 1.98. The Hall–Kier alpha value is -0.880. The van der Waals surface area contributed by atoms with Crippen LogP contribution in [0.4, 0.5) is 22.0 Å². The highest BCUT2D eigenvalue weighted by atomic mass is 35.5. The number of benzene rings is 1. The van der Waals surface area contributed by atoms with E-state index in [0.717, 1.165) is 6.07 Å². The van der Waals surface area contributed by atoms with E-state index in [4.69, 9.17) is 17.3 Å². The molecule has 0 saturated carbocycles. The number of hydrogen-bond donors (Lipinski definition) is 1. The monoisotopic (exact) mass is 259 g/mol. The van der Waals surface area contributed by atoms with E-state index in [1.54, 1.807) is 0 Å². The van der Waals surface area contributed by atoms with Crippen molar-refractivity contribution in [2.45, 2.75) is 18.6 Å². The Morgan fingerprint density at radius 2 is 1.69 bits per heavy atom. The van der Waals surface area contributed by atoms with Crippen LogP contribution in [0.1, 0.15) is 5.56 Å². The lowest BCUT2D eigenvalue weighted by atomic mass is 10.1. The summed E-state index contributed by atoms with van der Waals surface area (Å²) in [5.74, 6) is -1.99. The molecule has 1 aromatic rings. The van der Waals surface area contributed by atoms with Crippen LogP contribution in [-0.4, -0.2) is 12.2 Å². The zero-order chi connectivity index (χ0) is 12.5. The number of nitrogens with two attached hydrogens (primary N) is 1. The molecule has 1 rings (SSSR count). The molecular formula is C9H7ClF5N. The van der Waals surface area contributed by atoms with E-state index in [1.165, 1.54) is 0 Å². The van der Waals surface area contributed by atoms with Crippen LogP contribution in [0.2, 0.25) is 5.02 Å². The summed E-state index contributed by atoms with van der Waals surface area (Å²) in [6, 6.07) is -0.832. The molecule has 16 heavy (non-hydrogen) atoms. The Labute approximate surface area is 93.0 Å². The molecule has 1 nitrogen and oxygen atoms in total. The maximum Gasteiger partial charge on any atom is 0.403 e. The van der Waals surface area contributed by atoms with Gasteiger partial charge >= 0.3 is 6.18 Å². The minimum absolute atomic E-state index is 0.563. The van der Waals surface area contributed by atoms with Crippen molar-refractivity contribution < 1.29 is 22.0 Å². The molecule has 1 atom stereocenters. The van der Waals surface area contributed by atoms with Gasteiger partial charge in [0.25, 0.3) is 0 Å². The van der Waals surface area contributed by atoms with Gasteiger partial charge in [-0.2, -0.15) is 13.2 Å². The van der Waals surface area contributed by atoms with Gasteiger partial charge in [0.15, 0.2) is 0 Å². The van der Waals surface area contributed by atoms with Crippen LogP contribution in [0.15, 0.2) is 12.1 Å². The maximum atomic E-state index is 13.1. The molecule has 0 radical (unpaired) electrons. The van der Waals surface area contributed by atoms with Crippen molar-refractivity contribution in [3.8, 4) is 0 Å². The summed E-state index contributed by atoms with van der Waals surface area (Å²) >= 11 is 5.35. The summed E-state index contributed by atoms with van der Waals surface area (Å²) < 4.78 is 62.3. The number of rotatable bonds is 2. The van der Waals surface area contributed by atoms with Gasteiger partial charge < -0.3 is 5.73 Å². The molecule has 0 spiro atoms. The van der Waals surface area contributed by atoms with Crippen molar-refractivity contribution in [2.24, 2.45) is 5.73 Å². The highest BCUT2D eigenvalue weighted by Gasteiger charge is 2.37. The third-order valence-corrected chi connectivity index (χ3v) is 2.39. The minimum atomic E-state index is -4.68. The van der Waals surface area contributed by atoms with Gasteiger partial charge in [0, 0.05) is 12.0 Å². The van der Waals surface area contributed by atoms with Crippen molar-refractivity contribution in [3.63, 3.8) is 0 Å². The van der Waals surface area contributed by atoms with Crippen LogP contribution in [0.5, 0.6) is 0 Å². The molecule has 1 unspecified atom stereocenters. The SMILES string of the molecule is NC(Cc1c(F)ccc(F)c1Cl)C(F)(F)F. The molecule has 2 N–H and O–H groups in total. The zero-order valence-electron chi connectivity index (χ0n) is 7.78. The molecule has 0 aliphatic carbocycles. The molecule has 1 aromatic carbocycles. The second-order valence-electron chi connectivity index (χ2n) is 3.17. The predicted molar refractivity (Wildman–Crippen MR) is 49.1 cm³/mol. The lowest BCUT2D eigenvalue weighted by Gasteiger charge is -2.16. The molecule has 0 amide bonds. The van der Waals surface area contributed by atoms with E-state index >= 15 is 0 Å². The minimum Gasteiger partial charge on any atom is -0.320 e. The molecule has 0 heterocycles. The van der Waals surface area contributed by atoms with Gasteiger partial charge in [0.2, 0.25) is 0 Å². The van der Waals surface area contributed by atoms with Crippen molar-refractivity contribution in [1.29, 1.82) is 0 Å². The van der Waals surface area contributed by atoms with Crippen molar-refractivity contribution >= 4 is 11.6 Å². The first-order valence-electron chi connectivity index (χ1n) is 4.18. The van der Waals surface area contributed by atoms with E-state index in [0.29, 0.717) is 6.07 Å². The van der Waals surface area contributed by atoms with Crippen LogP contribution in [-0.2, 0) is 6.42 Å². The Morgan fingerprint density at radius 3 is 2.19 bits per heavy atom. The Morgan fingerprint density at radius 1 is 1.19 bits per heavy atom. The number of halogens is 6. The molecule has 7 heteroatoms. The molecule has 0 aliphatic heterocycles. The van der Waals surface area contributed by atoms with E-state index in [-0.39, 0.29) is 0 Å². The van der Waals surface area contributed by atoms with Crippen LogP contribution in [0.25, 0.3) is 0 Å². The molecule has 0 bridgehead atoms. The highest BCUT2D eigenvalue weighted by Crippen LogP contribution is 2.28. The fraction of sp³-hybridized carbons (Fsp3) is 0.333. The van der Waals surface area contributed by atoms with Crippen LogP contribution < -0.4 is 5.73 Å². The molecule has 90 valence electrons. The first-order valence-corrected chi connectivity index (χ1v) is 4.56. The highest BCUT2D eigenvalue weighted by molar-refractivity contribution is 6.31. The first kappa shape index (κ1) is 13.2. The average molecular weight is 260 g/mol. The second kappa shape index (κ2) is 4.55. The van der Waals surface area contributed by atoms with E-state index in [1.807, 2.05) is 0 Å². The lowest BCUT2D eigenvalue weighted by Crippen LogP contribution is -2.39. The van der Waals surface area contributed by atoms with Crippen LogP contribution >= 0.6 is 11.6 Å². The van der Waals surface area contributed by atoms with E-state index in [2.05, 4.69) is 0 Å². The van der Waals surface area contributed by atoms with Gasteiger partial charge in [0.05, 0.1) is 5.02 Å². The third kappa shape index (κ3) is 2.82. The van der Waals surface area contributed by atoms with Gasteiger partial charge in [-0.1, -0.05) is 11.6 Å². The summed E-state index contributed by atoms with van der Waals surface area (Å²) in [6.45, 7) is 0. The second-order valence-corrected chi connectivity index (χ2v) is 3.55. The topological polar surface area (TPSA) is 26.0 Å². The summed E-state index contributed by atoms with van der Waals surface area (Å²) in [5.41, 5.74) is 4.23. The van der Waals surface area contributed by atoms with Crippen LogP contribution in [0, 0.1) is 11.6 Å². The number of alkyl halides is 3. The zero-order valence-corrected chi connectivity index (χ0v) is 8.54. The molecule has 0 aliphatic rings. The summed E-state index contributed by atoms with van der Waals surface area (Å²) in [7, 11) is 0. The van der Waals surface area contributed by atoms with E-state index < -0.39 is 40.9 Å².